The third kappa shape index (κ3) is 1.83. The van der Waals surface area contributed by atoms with Crippen LogP contribution in [0.3, 0.4) is 0 Å². The van der Waals surface area contributed by atoms with Crippen molar-refractivity contribution in [2.75, 3.05) is 0 Å². The molecule has 2 aliphatic carbocycles. The van der Waals surface area contributed by atoms with Crippen LogP contribution in [0.25, 0.3) is 0 Å². The van der Waals surface area contributed by atoms with Gasteiger partial charge in [0.2, 0.25) is 0 Å². The molecule has 2 aliphatic rings. The van der Waals surface area contributed by atoms with E-state index in [1.165, 1.54) is 30.5 Å². The predicted molar refractivity (Wildman–Crippen MR) is 70.9 cm³/mol. The van der Waals surface area contributed by atoms with E-state index in [1.807, 2.05) is 0 Å². The molecule has 0 aliphatic heterocycles. The van der Waals surface area contributed by atoms with Crippen LogP contribution in [0.15, 0.2) is 12.3 Å². The molecule has 94 valence electrons. The maximum absolute atomic E-state index is 6.31. The van der Waals surface area contributed by atoms with Crippen molar-refractivity contribution in [2.24, 2.45) is 17.1 Å². The van der Waals surface area contributed by atoms with Crippen LogP contribution in [0.4, 0.5) is 0 Å². The lowest BCUT2D eigenvalue weighted by atomic mass is 9.74. The summed E-state index contributed by atoms with van der Waals surface area (Å²) >= 11 is 0. The monoisotopic (exact) mass is 232 g/mol. The Morgan fingerprint density at radius 1 is 1.47 bits per heavy atom. The van der Waals surface area contributed by atoms with Crippen molar-refractivity contribution >= 4 is 0 Å². The topological polar surface area (TPSA) is 30.9 Å². The van der Waals surface area contributed by atoms with Crippen molar-refractivity contribution in [3.63, 3.8) is 0 Å². The van der Waals surface area contributed by atoms with Crippen molar-refractivity contribution in [1.82, 2.24) is 4.57 Å². The zero-order chi connectivity index (χ0) is 12.2. The van der Waals surface area contributed by atoms with Gasteiger partial charge in [0.1, 0.15) is 0 Å². The first-order valence-corrected chi connectivity index (χ1v) is 6.97. The molecule has 1 aromatic rings. The largest absolute Gasteiger partial charge is 0.348 e. The highest BCUT2D eigenvalue weighted by atomic mass is 15.1. The zero-order valence-electron chi connectivity index (χ0n) is 11.2. The van der Waals surface area contributed by atoms with Crippen molar-refractivity contribution < 1.29 is 0 Å². The molecule has 0 saturated heterocycles. The number of rotatable bonds is 2. The van der Waals surface area contributed by atoms with Crippen LogP contribution in [-0.2, 0) is 6.42 Å². The Bertz CT molecular complexity index is 430. The maximum Gasteiger partial charge on any atom is 0.0365 e. The van der Waals surface area contributed by atoms with Gasteiger partial charge in [0.05, 0.1) is 0 Å². The van der Waals surface area contributed by atoms with E-state index in [2.05, 4.69) is 37.6 Å². The SMILES string of the molecule is CCC1CC1n1ccc2c1CC(C)(C)CC2N. The minimum atomic E-state index is 0.244. The van der Waals surface area contributed by atoms with Crippen LogP contribution in [-0.4, -0.2) is 4.57 Å². The van der Waals surface area contributed by atoms with Crippen LogP contribution in [0, 0.1) is 11.3 Å². The second-order valence-corrected chi connectivity index (χ2v) is 6.75. The fourth-order valence-electron chi connectivity index (χ4n) is 3.58. The Hall–Kier alpha value is -0.760. The average molecular weight is 232 g/mol. The quantitative estimate of drug-likeness (QED) is 0.832. The number of fused-ring (bicyclic) bond motifs is 1. The molecule has 1 heterocycles. The Labute approximate surface area is 104 Å². The average Bonchev–Trinajstić information content (AvgIpc) is 2.90. The molecule has 0 amide bonds. The van der Waals surface area contributed by atoms with Crippen LogP contribution in [0.5, 0.6) is 0 Å². The number of nitrogens with zero attached hydrogens (tertiary/aromatic N) is 1. The molecular formula is C15H24N2. The molecule has 2 heteroatoms. The van der Waals surface area contributed by atoms with Gasteiger partial charge in [-0.2, -0.15) is 0 Å². The van der Waals surface area contributed by atoms with Crippen molar-refractivity contribution in [2.45, 2.75) is 58.5 Å². The van der Waals surface area contributed by atoms with E-state index in [0.29, 0.717) is 5.41 Å². The summed E-state index contributed by atoms with van der Waals surface area (Å²) in [6.45, 7) is 6.99. The van der Waals surface area contributed by atoms with Gasteiger partial charge in [-0.15, -0.1) is 0 Å². The van der Waals surface area contributed by atoms with E-state index in [-0.39, 0.29) is 6.04 Å². The molecule has 0 radical (unpaired) electrons. The standard InChI is InChI=1S/C15H24N2/c1-4-10-7-13(10)17-6-5-11-12(16)8-15(2,3)9-14(11)17/h5-6,10,12-13H,4,7-9,16H2,1-3H3. The van der Waals surface area contributed by atoms with Gasteiger partial charge in [-0.1, -0.05) is 27.2 Å². The summed E-state index contributed by atoms with van der Waals surface area (Å²) in [5.74, 6) is 0.910. The number of hydrogen-bond acceptors (Lipinski definition) is 1. The molecule has 1 aromatic heterocycles. The molecule has 3 rings (SSSR count). The molecule has 0 spiro atoms. The summed E-state index contributed by atoms with van der Waals surface area (Å²) in [6.07, 6.45) is 7.27. The predicted octanol–water partition coefficient (Wildman–Crippen LogP) is 3.43. The van der Waals surface area contributed by atoms with E-state index >= 15 is 0 Å². The highest BCUT2D eigenvalue weighted by Gasteiger charge is 2.40. The van der Waals surface area contributed by atoms with Crippen molar-refractivity contribution in [3.8, 4) is 0 Å². The fraction of sp³-hybridized carbons (Fsp3) is 0.733. The Balaban J connectivity index is 1.94. The van der Waals surface area contributed by atoms with Crippen LogP contribution >= 0.6 is 0 Å². The molecule has 0 aromatic carbocycles. The molecule has 0 bridgehead atoms. The third-order valence-electron chi connectivity index (χ3n) is 4.64. The minimum Gasteiger partial charge on any atom is -0.348 e. The summed E-state index contributed by atoms with van der Waals surface area (Å²) in [6, 6.07) is 3.28. The van der Waals surface area contributed by atoms with Crippen molar-refractivity contribution in [1.29, 1.82) is 0 Å². The summed E-state index contributed by atoms with van der Waals surface area (Å²) in [5.41, 5.74) is 9.60. The van der Waals surface area contributed by atoms with Crippen LogP contribution in [0.2, 0.25) is 0 Å². The Kier molecular flexibility index (Phi) is 2.41. The van der Waals surface area contributed by atoms with Gasteiger partial charge in [-0.25, -0.2) is 0 Å². The molecule has 3 unspecified atom stereocenters. The Morgan fingerprint density at radius 3 is 2.88 bits per heavy atom. The molecule has 2 nitrogen and oxygen atoms in total. The molecule has 1 fully saturated rings. The van der Waals surface area contributed by atoms with Gasteiger partial charge >= 0.3 is 0 Å². The lowest BCUT2D eigenvalue weighted by Crippen LogP contribution is -2.30. The van der Waals surface area contributed by atoms with E-state index in [1.54, 1.807) is 0 Å². The highest BCUT2D eigenvalue weighted by molar-refractivity contribution is 5.31. The highest BCUT2D eigenvalue weighted by Crippen LogP contribution is 2.49. The van der Waals surface area contributed by atoms with Gasteiger partial charge in [0.15, 0.2) is 0 Å². The maximum atomic E-state index is 6.31. The lowest BCUT2D eigenvalue weighted by Gasteiger charge is -2.34. The first-order valence-electron chi connectivity index (χ1n) is 6.97. The van der Waals surface area contributed by atoms with Gasteiger partial charge in [0, 0.05) is 24.0 Å². The van der Waals surface area contributed by atoms with Gasteiger partial charge in [-0.05, 0) is 42.2 Å². The summed E-state index contributed by atoms with van der Waals surface area (Å²) in [5, 5.41) is 0. The van der Waals surface area contributed by atoms with Gasteiger partial charge < -0.3 is 10.3 Å². The van der Waals surface area contributed by atoms with Gasteiger partial charge in [-0.3, -0.25) is 0 Å². The smallest absolute Gasteiger partial charge is 0.0365 e. The normalized spacial score (nSPS) is 34.5. The third-order valence-corrected chi connectivity index (χ3v) is 4.64. The number of hydrogen-bond donors (Lipinski definition) is 1. The fourth-order valence-corrected chi connectivity index (χ4v) is 3.58. The molecule has 3 atom stereocenters. The Morgan fingerprint density at radius 2 is 2.24 bits per heavy atom. The van der Waals surface area contributed by atoms with Gasteiger partial charge in [0.25, 0.3) is 0 Å². The summed E-state index contributed by atoms with van der Waals surface area (Å²) < 4.78 is 2.53. The summed E-state index contributed by atoms with van der Waals surface area (Å²) in [7, 11) is 0. The van der Waals surface area contributed by atoms with E-state index < -0.39 is 0 Å². The first-order chi connectivity index (χ1) is 8.02. The van der Waals surface area contributed by atoms with E-state index in [4.69, 9.17) is 5.73 Å². The first kappa shape index (κ1) is 11.3. The van der Waals surface area contributed by atoms with Crippen LogP contribution < -0.4 is 5.73 Å². The molecule has 17 heavy (non-hydrogen) atoms. The lowest BCUT2D eigenvalue weighted by molar-refractivity contribution is 0.274. The molecule has 1 saturated carbocycles. The minimum absolute atomic E-state index is 0.244. The van der Waals surface area contributed by atoms with E-state index in [0.717, 1.165) is 18.4 Å². The molecular weight excluding hydrogens is 208 g/mol. The second-order valence-electron chi connectivity index (χ2n) is 6.75. The zero-order valence-corrected chi connectivity index (χ0v) is 11.2. The molecule has 2 N–H and O–H groups in total. The van der Waals surface area contributed by atoms with Crippen LogP contribution in [0.1, 0.15) is 63.4 Å². The van der Waals surface area contributed by atoms with Crippen molar-refractivity contribution in [3.05, 3.63) is 23.5 Å². The van der Waals surface area contributed by atoms with E-state index in [9.17, 15) is 0 Å². The number of nitrogens with two attached hydrogens (primary N) is 1. The number of aromatic nitrogens is 1. The second kappa shape index (κ2) is 3.61. The summed E-state index contributed by atoms with van der Waals surface area (Å²) in [4.78, 5) is 0.